The molecule has 0 amide bonds. The van der Waals surface area contributed by atoms with Gasteiger partial charge in [0.2, 0.25) is 5.95 Å². The molecular weight excluding hydrogens is 318 g/mol. The molecule has 0 unspecified atom stereocenters. The van der Waals surface area contributed by atoms with Crippen LogP contribution in [-0.2, 0) is 4.79 Å². The summed E-state index contributed by atoms with van der Waals surface area (Å²) in [7, 11) is 1.64. The van der Waals surface area contributed by atoms with Gasteiger partial charge in [0, 0.05) is 29.9 Å². The molecular formula is C11H10BrN3O2S. The summed E-state index contributed by atoms with van der Waals surface area (Å²) in [5.41, 5.74) is 0.915. The Morgan fingerprint density at radius 2 is 2.11 bits per heavy atom. The number of halogens is 1. The van der Waals surface area contributed by atoms with E-state index in [0.29, 0.717) is 5.95 Å². The molecule has 0 aromatic carbocycles. The number of aromatic nitrogens is 2. The molecule has 94 valence electrons. The Balaban J connectivity index is 2.17. The predicted octanol–water partition coefficient (Wildman–Crippen LogP) is 2.49. The summed E-state index contributed by atoms with van der Waals surface area (Å²) in [5.74, 6) is -0.510. The van der Waals surface area contributed by atoms with Gasteiger partial charge in [0.15, 0.2) is 0 Å². The van der Waals surface area contributed by atoms with Crippen molar-refractivity contribution < 1.29 is 9.90 Å². The number of anilines is 1. The molecule has 7 heteroatoms. The van der Waals surface area contributed by atoms with Crippen molar-refractivity contribution in [3.05, 3.63) is 28.3 Å². The minimum Gasteiger partial charge on any atom is -0.480 e. The first kappa shape index (κ1) is 13.0. The molecule has 2 aromatic rings. The standard InChI is InChI=1S/C11H10BrN3O2S/c1-15(6-10(16)17)11-13-4-7(5-14-11)8-2-3-9(12)18-8/h2-5H,6H2,1H3,(H,16,17). The van der Waals surface area contributed by atoms with Gasteiger partial charge in [-0.2, -0.15) is 0 Å². The lowest BCUT2D eigenvalue weighted by molar-refractivity contribution is -0.135. The van der Waals surface area contributed by atoms with E-state index < -0.39 is 5.97 Å². The van der Waals surface area contributed by atoms with Crippen LogP contribution in [0.3, 0.4) is 0 Å². The molecule has 2 rings (SSSR count). The van der Waals surface area contributed by atoms with Gasteiger partial charge in [0.05, 0.1) is 3.79 Å². The minimum atomic E-state index is -0.910. The van der Waals surface area contributed by atoms with Gasteiger partial charge in [-0.15, -0.1) is 11.3 Å². The zero-order valence-corrected chi connectivity index (χ0v) is 11.9. The maximum absolute atomic E-state index is 10.6. The number of carboxylic acid groups (broad SMARTS) is 1. The van der Waals surface area contributed by atoms with Crippen LogP contribution >= 0.6 is 27.3 Å². The number of rotatable bonds is 4. The average Bonchev–Trinajstić information content (AvgIpc) is 2.75. The zero-order valence-electron chi connectivity index (χ0n) is 9.50. The molecule has 0 aliphatic carbocycles. The first-order valence-electron chi connectivity index (χ1n) is 5.07. The normalized spacial score (nSPS) is 10.3. The van der Waals surface area contributed by atoms with E-state index in [4.69, 9.17) is 5.11 Å². The molecule has 2 heterocycles. The summed E-state index contributed by atoms with van der Waals surface area (Å²) in [5, 5.41) is 8.68. The average molecular weight is 328 g/mol. The summed E-state index contributed by atoms with van der Waals surface area (Å²) in [4.78, 5) is 21.4. The van der Waals surface area contributed by atoms with Crippen molar-refractivity contribution in [2.24, 2.45) is 0 Å². The number of nitrogens with zero attached hydrogens (tertiary/aromatic N) is 3. The second kappa shape index (κ2) is 5.45. The van der Waals surface area contributed by atoms with Crippen molar-refractivity contribution in [2.45, 2.75) is 0 Å². The summed E-state index contributed by atoms with van der Waals surface area (Å²) in [6.45, 7) is -0.121. The number of aliphatic carboxylic acids is 1. The lowest BCUT2D eigenvalue weighted by atomic mass is 10.3. The van der Waals surface area contributed by atoms with E-state index in [2.05, 4.69) is 25.9 Å². The number of carbonyl (C=O) groups is 1. The topological polar surface area (TPSA) is 66.3 Å². The van der Waals surface area contributed by atoms with Crippen LogP contribution in [0.5, 0.6) is 0 Å². The monoisotopic (exact) mass is 327 g/mol. The van der Waals surface area contributed by atoms with Crippen molar-refractivity contribution in [3.63, 3.8) is 0 Å². The van der Waals surface area contributed by atoms with Crippen LogP contribution in [0, 0.1) is 0 Å². The molecule has 0 bridgehead atoms. The third kappa shape index (κ3) is 3.05. The van der Waals surface area contributed by atoms with Crippen LogP contribution in [0.25, 0.3) is 10.4 Å². The molecule has 18 heavy (non-hydrogen) atoms. The van der Waals surface area contributed by atoms with Crippen molar-refractivity contribution >= 4 is 39.2 Å². The maximum atomic E-state index is 10.6. The van der Waals surface area contributed by atoms with Crippen molar-refractivity contribution in [1.29, 1.82) is 0 Å². The minimum absolute atomic E-state index is 0.121. The van der Waals surface area contributed by atoms with Crippen LogP contribution < -0.4 is 4.90 Å². The highest BCUT2D eigenvalue weighted by Gasteiger charge is 2.09. The molecule has 0 saturated carbocycles. The van der Waals surface area contributed by atoms with Crippen molar-refractivity contribution in [1.82, 2.24) is 9.97 Å². The summed E-state index contributed by atoms with van der Waals surface area (Å²) in [6.07, 6.45) is 3.39. The summed E-state index contributed by atoms with van der Waals surface area (Å²) >= 11 is 4.99. The van der Waals surface area contributed by atoms with Crippen LogP contribution in [0.2, 0.25) is 0 Å². The van der Waals surface area contributed by atoms with Crippen LogP contribution in [0.1, 0.15) is 0 Å². The molecule has 0 fully saturated rings. The molecule has 2 aromatic heterocycles. The van der Waals surface area contributed by atoms with E-state index in [0.717, 1.165) is 14.2 Å². The zero-order chi connectivity index (χ0) is 13.1. The van der Waals surface area contributed by atoms with Gasteiger partial charge in [-0.25, -0.2) is 9.97 Å². The number of likely N-dealkylation sites (N-methyl/N-ethyl adjacent to an activating group) is 1. The highest BCUT2D eigenvalue weighted by molar-refractivity contribution is 9.11. The summed E-state index contributed by atoms with van der Waals surface area (Å²) < 4.78 is 1.05. The number of hydrogen-bond donors (Lipinski definition) is 1. The first-order valence-corrected chi connectivity index (χ1v) is 6.68. The van der Waals surface area contributed by atoms with Gasteiger partial charge in [-0.1, -0.05) is 0 Å². The fourth-order valence-electron chi connectivity index (χ4n) is 1.39. The lowest BCUT2D eigenvalue weighted by Crippen LogP contribution is -2.26. The van der Waals surface area contributed by atoms with Gasteiger partial charge in [0.1, 0.15) is 6.54 Å². The van der Waals surface area contributed by atoms with Crippen LogP contribution in [0.15, 0.2) is 28.3 Å². The maximum Gasteiger partial charge on any atom is 0.323 e. The smallest absolute Gasteiger partial charge is 0.323 e. The van der Waals surface area contributed by atoms with Crippen LogP contribution in [-0.4, -0.2) is 34.6 Å². The van der Waals surface area contributed by atoms with E-state index in [-0.39, 0.29) is 6.54 Å². The quantitative estimate of drug-likeness (QED) is 0.934. The molecule has 5 nitrogen and oxygen atoms in total. The Morgan fingerprint density at radius 1 is 1.44 bits per heavy atom. The molecule has 0 aliphatic heterocycles. The number of thiophene rings is 1. The van der Waals surface area contributed by atoms with E-state index in [9.17, 15) is 4.79 Å². The first-order chi connectivity index (χ1) is 8.56. The fourth-order valence-corrected chi connectivity index (χ4v) is 2.75. The Labute approximate surface area is 116 Å². The van der Waals surface area contributed by atoms with Gasteiger partial charge in [-0.3, -0.25) is 4.79 Å². The van der Waals surface area contributed by atoms with Crippen molar-refractivity contribution in [3.8, 4) is 10.4 Å². The second-order valence-electron chi connectivity index (χ2n) is 3.63. The molecule has 0 saturated heterocycles. The Kier molecular flexibility index (Phi) is 3.93. The Hall–Kier alpha value is -1.47. The lowest BCUT2D eigenvalue weighted by Gasteiger charge is -2.13. The molecule has 0 spiro atoms. The second-order valence-corrected chi connectivity index (χ2v) is 6.09. The summed E-state index contributed by atoms with van der Waals surface area (Å²) in [6, 6.07) is 3.94. The van der Waals surface area contributed by atoms with Gasteiger partial charge in [0.25, 0.3) is 0 Å². The van der Waals surface area contributed by atoms with Gasteiger partial charge < -0.3 is 10.0 Å². The van der Waals surface area contributed by atoms with E-state index in [1.807, 2.05) is 12.1 Å². The number of carboxylic acids is 1. The third-order valence-corrected chi connectivity index (χ3v) is 3.88. The van der Waals surface area contributed by atoms with E-state index in [1.165, 1.54) is 4.90 Å². The fraction of sp³-hybridized carbons (Fsp3) is 0.182. The molecule has 0 radical (unpaired) electrons. The van der Waals surface area contributed by atoms with E-state index in [1.54, 1.807) is 30.8 Å². The van der Waals surface area contributed by atoms with E-state index >= 15 is 0 Å². The molecule has 1 N–H and O–H groups in total. The van der Waals surface area contributed by atoms with Crippen molar-refractivity contribution in [2.75, 3.05) is 18.5 Å². The highest BCUT2D eigenvalue weighted by atomic mass is 79.9. The predicted molar refractivity (Wildman–Crippen MR) is 74.0 cm³/mol. The van der Waals surface area contributed by atoms with Gasteiger partial charge in [-0.05, 0) is 28.1 Å². The van der Waals surface area contributed by atoms with Crippen LogP contribution in [0.4, 0.5) is 5.95 Å². The molecule has 0 atom stereocenters. The largest absolute Gasteiger partial charge is 0.480 e. The third-order valence-electron chi connectivity index (χ3n) is 2.21. The Morgan fingerprint density at radius 3 is 2.61 bits per heavy atom. The highest BCUT2D eigenvalue weighted by Crippen LogP contribution is 2.30. The molecule has 0 aliphatic rings. The Bertz CT molecular complexity index is 556. The number of hydrogen-bond acceptors (Lipinski definition) is 5. The SMILES string of the molecule is CN(CC(=O)O)c1ncc(-c2ccc(Br)s2)cn1. The van der Waals surface area contributed by atoms with Gasteiger partial charge >= 0.3 is 5.97 Å².